The Morgan fingerprint density at radius 2 is 0.955 bits per heavy atom. The summed E-state index contributed by atoms with van der Waals surface area (Å²) in [6.07, 6.45) is -2.40. The fourth-order valence-electron chi connectivity index (χ4n) is 1.11. The van der Waals surface area contributed by atoms with Crippen molar-refractivity contribution in [3.63, 3.8) is 0 Å². The van der Waals surface area contributed by atoms with Crippen LogP contribution in [0.4, 0.5) is 52.7 Å². The van der Waals surface area contributed by atoms with Crippen LogP contribution in [0.15, 0.2) is 12.7 Å². The molecule has 0 saturated heterocycles. The number of hydrogen-bond donors (Lipinski definition) is 0. The number of halogens is 13. The lowest BCUT2D eigenvalue weighted by Crippen LogP contribution is -2.69. The van der Waals surface area contributed by atoms with Crippen molar-refractivity contribution < 1.29 is 52.7 Å². The molecule has 0 N–H and O–H groups in total. The van der Waals surface area contributed by atoms with E-state index in [9.17, 15) is 52.7 Å². The number of hydrogen-bond acceptors (Lipinski definition) is 0. The summed E-state index contributed by atoms with van der Waals surface area (Å²) in [6.45, 7) is 2.46. The molecule has 0 radical (unpaired) electrons. The average molecular weight is 377 g/mol. The van der Waals surface area contributed by atoms with Crippen molar-refractivity contribution in [3.05, 3.63) is 12.7 Å². The Bertz CT molecular complexity index is 421. The van der Waals surface area contributed by atoms with Crippen molar-refractivity contribution in [2.45, 2.75) is 41.4 Å². The predicted molar refractivity (Wildman–Crippen MR) is 50.3 cm³/mol. The third-order valence-corrected chi connectivity index (χ3v) is 2.64. The highest BCUT2D eigenvalue weighted by Crippen LogP contribution is 2.61. The molecule has 0 unspecified atom stereocenters. The van der Waals surface area contributed by atoms with E-state index in [-0.39, 0.29) is 6.08 Å². The lowest BCUT2D eigenvalue weighted by molar-refractivity contribution is -0.416. The van der Waals surface area contributed by atoms with E-state index < -0.39 is 41.4 Å². The van der Waals surface area contributed by atoms with Crippen molar-refractivity contribution in [3.8, 4) is 0 Å². The Hall–Kier alpha value is -0.810. The van der Waals surface area contributed by atoms with Gasteiger partial charge in [-0.25, -0.2) is 0 Å². The Morgan fingerprint density at radius 1 is 0.636 bits per heavy atom. The summed E-state index contributed by atoms with van der Waals surface area (Å²) in [5.41, 5.74) is 0. The summed E-state index contributed by atoms with van der Waals surface area (Å²) in [6, 6.07) is 0. The molecule has 0 heterocycles. The second-order valence-electron chi connectivity index (χ2n) is 3.99. The SMILES string of the molecule is C=CCC(F)(F)C(F)(F)C(F)(F)C(F)(F)C(F)(F)C(F)(F)Cl. The minimum absolute atomic E-state index is 0.0869. The molecule has 0 bridgehead atoms. The molecule has 0 atom stereocenters. The molecule has 13 heteroatoms. The van der Waals surface area contributed by atoms with Crippen molar-refractivity contribution in [2.24, 2.45) is 0 Å². The number of alkyl halides is 13. The van der Waals surface area contributed by atoms with Crippen LogP contribution in [0, 0.1) is 0 Å². The first-order valence-corrected chi connectivity index (χ1v) is 5.25. The molecule has 0 rings (SSSR count). The van der Waals surface area contributed by atoms with E-state index in [1.807, 2.05) is 0 Å². The van der Waals surface area contributed by atoms with Crippen LogP contribution in [0.2, 0.25) is 0 Å². The van der Waals surface area contributed by atoms with Crippen LogP contribution in [0.5, 0.6) is 0 Å². The normalized spacial score (nSPS) is 15.9. The van der Waals surface area contributed by atoms with Gasteiger partial charge in [0.15, 0.2) is 0 Å². The smallest absolute Gasteiger partial charge is 0.199 e. The molecular formula is C9H5ClF12. The second kappa shape index (κ2) is 5.38. The van der Waals surface area contributed by atoms with E-state index in [1.54, 1.807) is 0 Å². The molecule has 132 valence electrons. The Labute approximate surface area is 119 Å². The maximum atomic E-state index is 12.9. The standard InChI is InChI=1S/C9H5ClF12/c1-2-3-4(11,12)5(13,14)6(15,16)7(17,18)8(19,20)9(10,21)22/h2H,1,3H2. The van der Waals surface area contributed by atoms with E-state index in [2.05, 4.69) is 18.2 Å². The van der Waals surface area contributed by atoms with Gasteiger partial charge in [0, 0.05) is 6.42 Å². The van der Waals surface area contributed by atoms with Crippen molar-refractivity contribution in [1.82, 2.24) is 0 Å². The first-order chi connectivity index (χ1) is 9.31. The van der Waals surface area contributed by atoms with Gasteiger partial charge < -0.3 is 0 Å². The van der Waals surface area contributed by atoms with Crippen molar-refractivity contribution in [2.75, 3.05) is 0 Å². The summed E-state index contributed by atoms with van der Waals surface area (Å²) in [7, 11) is 0. The van der Waals surface area contributed by atoms with Crippen LogP contribution in [0.25, 0.3) is 0 Å². The van der Waals surface area contributed by atoms with Gasteiger partial charge in [-0.05, 0) is 11.6 Å². The van der Waals surface area contributed by atoms with Crippen LogP contribution >= 0.6 is 11.6 Å². The molecule has 0 saturated carbocycles. The van der Waals surface area contributed by atoms with E-state index in [1.165, 1.54) is 0 Å². The number of rotatable bonds is 7. The predicted octanol–water partition coefficient (Wildman–Crippen LogP) is 5.57. The third-order valence-electron chi connectivity index (χ3n) is 2.40. The molecule has 0 aliphatic rings. The van der Waals surface area contributed by atoms with Gasteiger partial charge in [-0.3, -0.25) is 0 Å². The molecule has 22 heavy (non-hydrogen) atoms. The minimum Gasteiger partial charge on any atom is -0.199 e. The molecule has 0 aliphatic heterocycles. The van der Waals surface area contributed by atoms with Crippen LogP contribution in [0.1, 0.15) is 6.42 Å². The Kier molecular flexibility index (Phi) is 5.18. The average Bonchev–Trinajstić information content (AvgIpc) is 2.26. The summed E-state index contributed by atoms with van der Waals surface area (Å²) < 4.78 is 152. The zero-order chi connectivity index (χ0) is 18.4. The summed E-state index contributed by atoms with van der Waals surface area (Å²) in [4.78, 5) is 0. The van der Waals surface area contributed by atoms with E-state index in [4.69, 9.17) is 0 Å². The number of allylic oxidation sites excluding steroid dienone is 1. The van der Waals surface area contributed by atoms with Crippen LogP contribution in [-0.2, 0) is 0 Å². The molecule has 0 aromatic carbocycles. The van der Waals surface area contributed by atoms with E-state index in [0.717, 1.165) is 0 Å². The van der Waals surface area contributed by atoms with Gasteiger partial charge >= 0.3 is 35.0 Å². The van der Waals surface area contributed by atoms with Crippen molar-refractivity contribution >= 4 is 11.6 Å². The first kappa shape index (κ1) is 21.2. The molecule has 0 nitrogen and oxygen atoms in total. The summed E-state index contributed by atoms with van der Waals surface area (Å²) in [5, 5.41) is -6.41. The minimum atomic E-state index is -7.60. The molecular weight excluding hydrogens is 372 g/mol. The highest BCUT2D eigenvalue weighted by atomic mass is 35.5. The lowest BCUT2D eigenvalue weighted by atomic mass is 9.93. The zero-order valence-electron chi connectivity index (χ0n) is 9.91. The summed E-state index contributed by atoms with van der Waals surface area (Å²) in [5.74, 6) is -35.5. The molecule has 0 aliphatic carbocycles. The maximum Gasteiger partial charge on any atom is 0.393 e. The maximum absolute atomic E-state index is 12.9. The monoisotopic (exact) mass is 376 g/mol. The Morgan fingerprint density at radius 3 is 1.23 bits per heavy atom. The van der Waals surface area contributed by atoms with Gasteiger partial charge in [0.2, 0.25) is 0 Å². The van der Waals surface area contributed by atoms with Gasteiger partial charge in [-0.1, -0.05) is 6.08 Å². The van der Waals surface area contributed by atoms with Gasteiger partial charge in [0.25, 0.3) is 0 Å². The lowest BCUT2D eigenvalue weighted by Gasteiger charge is -2.40. The Balaban J connectivity index is 6.16. The zero-order valence-corrected chi connectivity index (χ0v) is 10.7. The molecule has 0 fully saturated rings. The fraction of sp³-hybridized carbons (Fsp3) is 0.778. The van der Waals surface area contributed by atoms with Crippen LogP contribution in [-0.4, -0.2) is 35.0 Å². The highest BCUT2D eigenvalue weighted by Gasteiger charge is 2.89. The molecule has 0 aromatic rings. The fourth-order valence-corrected chi connectivity index (χ4v) is 1.23. The van der Waals surface area contributed by atoms with Gasteiger partial charge in [0.1, 0.15) is 0 Å². The van der Waals surface area contributed by atoms with E-state index in [0.29, 0.717) is 0 Å². The van der Waals surface area contributed by atoms with Gasteiger partial charge in [-0.2, -0.15) is 52.7 Å². The summed E-state index contributed by atoms with van der Waals surface area (Å²) >= 11 is 3.50. The van der Waals surface area contributed by atoms with Crippen molar-refractivity contribution in [1.29, 1.82) is 0 Å². The first-order valence-electron chi connectivity index (χ1n) is 4.88. The highest BCUT2D eigenvalue weighted by molar-refractivity contribution is 6.22. The molecule has 0 spiro atoms. The van der Waals surface area contributed by atoms with Gasteiger partial charge in [0.05, 0.1) is 0 Å². The quantitative estimate of drug-likeness (QED) is 0.309. The van der Waals surface area contributed by atoms with Gasteiger partial charge in [-0.15, -0.1) is 6.58 Å². The van der Waals surface area contributed by atoms with Crippen LogP contribution in [0.3, 0.4) is 0 Å². The topological polar surface area (TPSA) is 0 Å². The molecule has 0 amide bonds. The second-order valence-corrected chi connectivity index (χ2v) is 4.47. The van der Waals surface area contributed by atoms with Crippen LogP contribution < -0.4 is 0 Å². The molecule has 0 aromatic heterocycles. The third kappa shape index (κ3) is 2.73. The largest absolute Gasteiger partial charge is 0.393 e. The van der Waals surface area contributed by atoms with E-state index >= 15 is 0 Å².